The van der Waals surface area contributed by atoms with Crippen LogP contribution in [0.25, 0.3) is 0 Å². The number of carbonyl (C=O) groups is 1. The molecule has 8 heteroatoms. The Morgan fingerprint density at radius 2 is 2.04 bits per heavy atom. The van der Waals surface area contributed by atoms with Gasteiger partial charge < -0.3 is 9.73 Å². The van der Waals surface area contributed by atoms with E-state index in [0.717, 1.165) is 12.8 Å². The van der Waals surface area contributed by atoms with Gasteiger partial charge in [-0.25, -0.2) is 0 Å². The molecule has 0 aliphatic heterocycles. The van der Waals surface area contributed by atoms with Gasteiger partial charge in [0.2, 0.25) is 11.8 Å². The first-order valence-electron chi connectivity index (χ1n) is 7.83. The van der Waals surface area contributed by atoms with Gasteiger partial charge in [-0.1, -0.05) is 54.2 Å². The molecule has 1 aliphatic carbocycles. The molecule has 1 amide bonds. The number of halogens is 2. The maximum absolute atomic E-state index is 12.0. The lowest BCUT2D eigenvalue weighted by Crippen LogP contribution is -2.14. The normalized spacial score (nSPS) is 15.4. The summed E-state index contributed by atoms with van der Waals surface area (Å²) in [4.78, 5) is 12.0. The van der Waals surface area contributed by atoms with Gasteiger partial charge in [0.05, 0.1) is 16.5 Å². The summed E-state index contributed by atoms with van der Waals surface area (Å²) in [6.45, 7) is 0. The first kappa shape index (κ1) is 17.6. The minimum atomic E-state index is -0.193. The van der Waals surface area contributed by atoms with Crippen molar-refractivity contribution in [2.24, 2.45) is 0 Å². The number of amides is 1. The van der Waals surface area contributed by atoms with Crippen molar-refractivity contribution >= 4 is 46.6 Å². The molecule has 1 aromatic heterocycles. The van der Waals surface area contributed by atoms with Crippen LogP contribution in [0.2, 0.25) is 10.0 Å². The zero-order chi connectivity index (χ0) is 16.9. The quantitative estimate of drug-likeness (QED) is 0.720. The number of nitrogens with zero attached hydrogens (tertiary/aromatic N) is 2. The van der Waals surface area contributed by atoms with Crippen LogP contribution in [0.15, 0.2) is 27.8 Å². The zero-order valence-corrected chi connectivity index (χ0v) is 15.3. The van der Waals surface area contributed by atoms with E-state index < -0.39 is 0 Å². The predicted octanol–water partition coefficient (Wildman–Crippen LogP) is 5.15. The van der Waals surface area contributed by atoms with Gasteiger partial charge >= 0.3 is 0 Å². The highest BCUT2D eigenvalue weighted by atomic mass is 35.5. The fourth-order valence-electron chi connectivity index (χ4n) is 2.70. The SMILES string of the molecule is O=C(CSc1nnc(C2CCCCC2)o1)Nc1ccc(Cl)cc1Cl. The van der Waals surface area contributed by atoms with E-state index in [4.69, 9.17) is 27.6 Å². The van der Waals surface area contributed by atoms with Gasteiger partial charge in [-0.3, -0.25) is 4.79 Å². The van der Waals surface area contributed by atoms with E-state index in [1.54, 1.807) is 18.2 Å². The molecule has 1 heterocycles. The number of carbonyl (C=O) groups excluding carboxylic acids is 1. The monoisotopic (exact) mass is 385 g/mol. The van der Waals surface area contributed by atoms with Gasteiger partial charge in [-0.15, -0.1) is 10.2 Å². The molecule has 0 bridgehead atoms. The second-order valence-corrected chi connectivity index (χ2v) is 7.47. The Balaban J connectivity index is 1.52. The average molecular weight is 386 g/mol. The first-order valence-corrected chi connectivity index (χ1v) is 9.57. The maximum atomic E-state index is 12.0. The van der Waals surface area contributed by atoms with Crippen LogP contribution >= 0.6 is 35.0 Å². The van der Waals surface area contributed by atoms with Crippen LogP contribution < -0.4 is 5.32 Å². The topological polar surface area (TPSA) is 68.0 Å². The Morgan fingerprint density at radius 3 is 2.79 bits per heavy atom. The summed E-state index contributed by atoms with van der Waals surface area (Å²) in [5.41, 5.74) is 0.528. The van der Waals surface area contributed by atoms with Gasteiger partial charge in [-0.2, -0.15) is 0 Å². The third-order valence-electron chi connectivity index (χ3n) is 3.91. The Kier molecular flexibility index (Phi) is 6.03. The highest BCUT2D eigenvalue weighted by molar-refractivity contribution is 7.99. The molecular formula is C16H17Cl2N3O2S. The number of hydrogen-bond donors (Lipinski definition) is 1. The number of anilines is 1. The molecule has 0 unspecified atom stereocenters. The number of nitrogens with one attached hydrogen (secondary N) is 1. The Labute approximate surface area is 154 Å². The first-order chi connectivity index (χ1) is 11.6. The molecule has 1 fully saturated rings. The summed E-state index contributed by atoms with van der Waals surface area (Å²) in [6.07, 6.45) is 5.89. The lowest BCUT2D eigenvalue weighted by atomic mass is 9.89. The van der Waals surface area contributed by atoms with Crippen LogP contribution in [-0.4, -0.2) is 21.9 Å². The smallest absolute Gasteiger partial charge is 0.277 e. The van der Waals surface area contributed by atoms with E-state index in [9.17, 15) is 4.79 Å². The summed E-state index contributed by atoms with van der Waals surface area (Å²) in [6, 6.07) is 4.92. The molecule has 0 radical (unpaired) electrons. The van der Waals surface area contributed by atoms with Crippen LogP contribution in [0.4, 0.5) is 5.69 Å². The van der Waals surface area contributed by atoms with Crippen LogP contribution in [0.5, 0.6) is 0 Å². The number of thioether (sulfide) groups is 1. The minimum Gasteiger partial charge on any atom is -0.416 e. The van der Waals surface area contributed by atoms with Crippen LogP contribution in [0.1, 0.15) is 43.9 Å². The van der Waals surface area contributed by atoms with Gasteiger partial charge in [0, 0.05) is 10.9 Å². The molecule has 24 heavy (non-hydrogen) atoms. The average Bonchev–Trinajstić information content (AvgIpc) is 3.05. The van der Waals surface area contributed by atoms with Crippen molar-refractivity contribution in [3.8, 4) is 0 Å². The summed E-state index contributed by atoms with van der Waals surface area (Å²) in [5, 5.41) is 12.2. The summed E-state index contributed by atoms with van der Waals surface area (Å²) in [7, 11) is 0. The maximum Gasteiger partial charge on any atom is 0.277 e. The van der Waals surface area contributed by atoms with E-state index >= 15 is 0 Å². The van der Waals surface area contributed by atoms with Crippen molar-refractivity contribution in [3.63, 3.8) is 0 Å². The van der Waals surface area contributed by atoms with E-state index in [2.05, 4.69) is 15.5 Å². The molecule has 0 saturated heterocycles. The number of rotatable bonds is 5. The standard InChI is InChI=1S/C16H17Cl2N3O2S/c17-11-6-7-13(12(18)8-11)19-14(22)9-24-16-21-20-15(23-16)10-4-2-1-3-5-10/h6-8,10H,1-5,9H2,(H,19,22). The summed E-state index contributed by atoms with van der Waals surface area (Å²) >= 11 is 13.1. The lowest BCUT2D eigenvalue weighted by Gasteiger charge is -2.17. The fourth-order valence-corrected chi connectivity index (χ4v) is 3.72. The van der Waals surface area contributed by atoms with Crippen molar-refractivity contribution in [2.45, 2.75) is 43.2 Å². The highest BCUT2D eigenvalue weighted by Gasteiger charge is 2.21. The highest BCUT2D eigenvalue weighted by Crippen LogP contribution is 2.33. The summed E-state index contributed by atoms with van der Waals surface area (Å²) < 4.78 is 5.68. The fraction of sp³-hybridized carbons (Fsp3) is 0.438. The largest absolute Gasteiger partial charge is 0.416 e. The van der Waals surface area contributed by atoms with Crippen LogP contribution in [0, 0.1) is 0 Å². The number of benzene rings is 1. The molecule has 1 N–H and O–H groups in total. The van der Waals surface area contributed by atoms with Crippen molar-refractivity contribution in [1.29, 1.82) is 0 Å². The Hall–Kier alpha value is -1.24. The van der Waals surface area contributed by atoms with E-state index in [1.807, 2.05) is 0 Å². The van der Waals surface area contributed by atoms with Crippen molar-refractivity contribution in [1.82, 2.24) is 10.2 Å². The number of aromatic nitrogens is 2. The summed E-state index contributed by atoms with van der Waals surface area (Å²) in [5.74, 6) is 1.04. The molecule has 0 spiro atoms. The van der Waals surface area contributed by atoms with Crippen molar-refractivity contribution < 1.29 is 9.21 Å². The Morgan fingerprint density at radius 1 is 1.25 bits per heavy atom. The van der Waals surface area contributed by atoms with Gasteiger partial charge in [0.25, 0.3) is 5.22 Å². The molecule has 128 valence electrons. The van der Waals surface area contributed by atoms with Crippen molar-refractivity contribution in [3.05, 3.63) is 34.1 Å². The molecule has 3 rings (SSSR count). The zero-order valence-electron chi connectivity index (χ0n) is 12.9. The van der Waals surface area contributed by atoms with E-state index in [1.165, 1.54) is 31.0 Å². The minimum absolute atomic E-state index is 0.172. The van der Waals surface area contributed by atoms with Crippen LogP contribution in [0.3, 0.4) is 0 Å². The molecule has 1 saturated carbocycles. The van der Waals surface area contributed by atoms with Gasteiger partial charge in [0.15, 0.2) is 0 Å². The van der Waals surface area contributed by atoms with E-state index in [0.29, 0.717) is 32.8 Å². The molecule has 1 aliphatic rings. The predicted molar refractivity (Wildman–Crippen MR) is 95.9 cm³/mol. The third-order valence-corrected chi connectivity index (χ3v) is 5.27. The molecule has 0 atom stereocenters. The van der Waals surface area contributed by atoms with Crippen molar-refractivity contribution in [2.75, 3.05) is 11.1 Å². The number of hydrogen-bond acceptors (Lipinski definition) is 5. The van der Waals surface area contributed by atoms with Crippen LogP contribution in [-0.2, 0) is 4.79 Å². The van der Waals surface area contributed by atoms with Gasteiger partial charge in [0.1, 0.15) is 0 Å². The molecule has 5 nitrogen and oxygen atoms in total. The molecule has 2 aromatic rings. The van der Waals surface area contributed by atoms with E-state index in [-0.39, 0.29) is 11.7 Å². The Bertz CT molecular complexity index is 717. The molecule has 1 aromatic carbocycles. The van der Waals surface area contributed by atoms with Gasteiger partial charge in [-0.05, 0) is 31.0 Å². The lowest BCUT2D eigenvalue weighted by molar-refractivity contribution is -0.113. The second kappa shape index (κ2) is 8.23. The third kappa shape index (κ3) is 4.65. The second-order valence-electron chi connectivity index (χ2n) is 5.70. The molecular weight excluding hydrogens is 369 g/mol.